The first kappa shape index (κ1) is 13.6. The Bertz CT molecular complexity index is 633. The molecule has 2 heterocycles. The van der Waals surface area contributed by atoms with Crippen LogP contribution in [0.5, 0.6) is 0 Å². The molecule has 2 amide bonds. The second-order valence-electron chi connectivity index (χ2n) is 5.41. The second kappa shape index (κ2) is 5.56. The summed E-state index contributed by atoms with van der Waals surface area (Å²) in [5, 5.41) is 0. The van der Waals surface area contributed by atoms with Crippen LogP contribution in [0.4, 0.5) is 0 Å². The number of imide groups is 1. The summed E-state index contributed by atoms with van der Waals surface area (Å²) in [5.41, 5.74) is 1.09. The van der Waals surface area contributed by atoms with Gasteiger partial charge in [-0.3, -0.25) is 14.5 Å². The third-order valence-electron chi connectivity index (χ3n) is 4.10. The maximum Gasteiger partial charge on any atom is 0.233 e. The monoisotopic (exact) mass is 283 g/mol. The fourth-order valence-corrected chi connectivity index (χ4v) is 2.81. The second-order valence-corrected chi connectivity index (χ2v) is 5.41. The summed E-state index contributed by atoms with van der Waals surface area (Å²) in [4.78, 5) is 25.9. The Morgan fingerprint density at radius 3 is 2.62 bits per heavy atom. The zero-order chi connectivity index (χ0) is 14.8. The van der Waals surface area contributed by atoms with Crippen LogP contribution in [0.2, 0.25) is 0 Å². The van der Waals surface area contributed by atoms with Crippen molar-refractivity contribution in [2.24, 2.45) is 5.92 Å². The number of hydrogen-bond acceptors (Lipinski definition) is 3. The van der Waals surface area contributed by atoms with E-state index in [9.17, 15) is 9.59 Å². The smallest absolute Gasteiger partial charge is 0.233 e. The first-order valence-corrected chi connectivity index (χ1v) is 7.08. The van der Waals surface area contributed by atoms with Crippen LogP contribution in [0.25, 0.3) is 0 Å². The summed E-state index contributed by atoms with van der Waals surface area (Å²) in [5.74, 6) is 0.153. The van der Waals surface area contributed by atoms with Crippen LogP contribution in [-0.4, -0.2) is 16.7 Å². The number of furan rings is 1. The van der Waals surface area contributed by atoms with Crippen LogP contribution in [-0.2, 0) is 16.1 Å². The van der Waals surface area contributed by atoms with Crippen molar-refractivity contribution in [3.05, 3.63) is 60.1 Å². The van der Waals surface area contributed by atoms with E-state index in [1.165, 1.54) is 4.90 Å². The van der Waals surface area contributed by atoms with Gasteiger partial charge in [0.05, 0.1) is 18.7 Å². The molecular formula is C17H17NO3. The van der Waals surface area contributed by atoms with E-state index in [0.29, 0.717) is 5.76 Å². The average molecular weight is 283 g/mol. The van der Waals surface area contributed by atoms with Gasteiger partial charge < -0.3 is 4.42 Å². The molecule has 0 saturated carbocycles. The van der Waals surface area contributed by atoms with Gasteiger partial charge in [-0.2, -0.15) is 0 Å². The molecule has 1 fully saturated rings. The minimum absolute atomic E-state index is 0.0317. The van der Waals surface area contributed by atoms with Crippen molar-refractivity contribution < 1.29 is 14.0 Å². The molecule has 0 aliphatic carbocycles. The predicted molar refractivity (Wildman–Crippen MR) is 77.2 cm³/mol. The highest BCUT2D eigenvalue weighted by molar-refractivity contribution is 6.03. The number of carbonyl (C=O) groups is 2. The summed E-state index contributed by atoms with van der Waals surface area (Å²) in [6.07, 6.45) is 1.82. The Labute approximate surface area is 123 Å². The third-order valence-corrected chi connectivity index (χ3v) is 4.10. The molecule has 0 bridgehead atoms. The summed E-state index contributed by atoms with van der Waals surface area (Å²) in [6, 6.07) is 13.4. The number of amides is 2. The lowest BCUT2D eigenvalue weighted by atomic mass is 9.86. The zero-order valence-corrected chi connectivity index (χ0v) is 11.9. The number of benzene rings is 1. The van der Waals surface area contributed by atoms with Gasteiger partial charge in [-0.05, 0) is 23.6 Å². The summed E-state index contributed by atoms with van der Waals surface area (Å²) in [6.45, 7) is 2.23. The number of rotatable bonds is 4. The summed E-state index contributed by atoms with van der Waals surface area (Å²) < 4.78 is 5.23. The van der Waals surface area contributed by atoms with Gasteiger partial charge in [-0.15, -0.1) is 0 Å². The minimum Gasteiger partial charge on any atom is -0.467 e. The van der Waals surface area contributed by atoms with Crippen molar-refractivity contribution >= 4 is 11.8 Å². The van der Waals surface area contributed by atoms with Crippen LogP contribution in [0.15, 0.2) is 53.1 Å². The van der Waals surface area contributed by atoms with Crippen molar-refractivity contribution in [3.63, 3.8) is 0 Å². The van der Waals surface area contributed by atoms with Gasteiger partial charge in [-0.1, -0.05) is 37.3 Å². The number of likely N-dealkylation sites (tertiary alicyclic amines) is 1. The minimum atomic E-state index is -0.283. The van der Waals surface area contributed by atoms with Gasteiger partial charge in [0, 0.05) is 6.42 Å². The van der Waals surface area contributed by atoms with E-state index in [0.717, 1.165) is 5.56 Å². The Morgan fingerprint density at radius 2 is 1.95 bits per heavy atom. The molecule has 4 nitrogen and oxygen atoms in total. The van der Waals surface area contributed by atoms with E-state index in [1.807, 2.05) is 37.3 Å². The average Bonchev–Trinajstić information content (AvgIpc) is 3.11. The molecular weight excluding hydrogens is 266 g/mol. The van der Waals surface area contributed by atoms with E-state index in [-0.39, 0.29) is 36.6 Å². The first-order valence-electron chi connectivity index (χ1n) is 7.08. The van der Waals surface area contributed by atoms with Crippen LogP contribution < -0.4 is 0 Å². The fraction of sp³-hybridized carbons (Fsp3) is 0.294. The molecule has 4 heteroatoms. The molecule has 21 heavy (non-hydrogen) atoms. The number of nitrogens with zero attached hydrogens (tertiary/aromatic N) is 1. The Kier molecular flexibility index (Phi) is 3.60. The Morgan fingerprint density at radius 1 is 1.19 bits per heavy atom. The quantitative estimate of drug-likeness (QED) is 0.811. The lowest BCUT2D eigenvalue weighted by molar-refractivity contribution is -0.140. The van der Waals surface area contributed by atoms with E-state index >= 15 is 0 Å². The molecule has 3 rings (SSSR count). The summed E-state index contributed by atoms with van der Waals surface area (Å²) in [7, 11) is 0. The predicted octanol–water partition coefficient (Wildman–Crippen LogP) is 2.96. The van der Waals surface area contributed by atoms with Gasteiger partial charge in [-0.25, -0.2) is 0 Å². The standard InChI is InChI=1S/C17H17NO3/c1-12(13-6-3-2-4-7-13)15-10-16(19)18(17(15)20)11-14-8-5-9-21-14/h2-9,12,15H,10-11H2,1H3/t12-,15-/m1/s1. The van der Waals surface area contributed by atoms with Crippen molar-refractivity contribution in [2.75, 3.05) is 0 Å². The van der Waals surface area contributed by atoms with Crippen LogP contribution in [0.3, 0.4) is 0 Å². The molecule has 2 aromatic rings. The van der Waals surface area contributed by atoms with Gasteiger partial charge in [0.2, 0.25) is 11.8 Å². The van der Waals surface area contributed by atoms with Gasteiger partial charge in [0.25, 0.3) is 0 Å². The van der Waals surface area contributed by atoms with Crippen LogP contribution in [0.1, 0.15) is 30.6 Å². The van der Waals surface area contributed by atoms with E-state index < -0.39 is 0 Å². The number of hydrogen-bond donors (Lipinski definition) is 0. The Balaban J connectivity index is 1.77. The molecule has 0 unspecified atom stereocenters. The molecule has 1 aliphatic rings. The van der Waals surface area contributed by atoms with Crippen molar-refractivity contribution in [1.29, 1.82) is 0 Å². The lowest BCUT2D eigenvalue weighted by Gasteiger charge is -2.18. The SMILES string of the molecule is C[C@H](c1ccccc1)[C@H]1CC(=O)N(Cc2ccco2)C1=O. The van der Waals surface area contributed by atoms with Crippen molar-refractivity contribution in [2.45, 2.75) is 25.8 Å². The first-order chi connectivity index (χ1) is 10.2. The largest absolute Gasteiger partial charge is 0.467 e. The molecule has 1 saturated heterocycles. The highest BCUT2D eigenvalue weighted by atomic mass is 16.3. The fourth-order valence-electron chi connectivity index (χ4n) is 2.81. The molecule has 0 N–H and O–H groups in total. The normalized spacial score (nSPS) is 20.0. The maximum atomic E-state index is 12.5. The van der Waals surface area contributed by atoms with Gasteiger partial charge in [0.15, 0.2) is 0 Å². The van der Waals surface area contributed by atoms with Crippen molar-refractivity contribution in [3.8, 4) is 0 Å². The highest BCUT2D eigenvalue weighted by Crippen LogP contribution is 2.34. The molecule has 2 atom stereocenters. The van der Waals surface area contributed by atoms with Crippen LogP contribution in [0, 0.1) is 5.92 Å². The van der Waals surface area contributed by atoms with Crippen molar-refractivity contribution in [1.82, 2.24) is 4.90 Å². The summed E-state index contributed by atoms with van der Waals surface area (Å²) >= 11 is 0. The topological polar surface area (TPSA) is 50.5 Å². The molecule has 0 radical (unpaired) electrons. The third kappa shape index (κ3) is 2.61. The zero-order valence-electron chi connectivity index (χ0n) is 11.9. The van der Waals surface area contributed by atoms with Gasteiger partial charge >= 0.3 is 0 Å². The molecule has 0 spiro atoms. The molecule has 1 aliphatic heterocycles. The van der Waals surface area contributed by atoms with E-state index in [4.69, 9.17) is 4.42 Å². The molecule has 1 aromatic heterocycles. The highest BCUT2D eigenvalue weighted by Gasteiger charge is 2.41. The molecule has 108 valence electrons. The van der Waals surface area contributed by atoms with Crippen LogP contribution >= 0.6 is 0 Å². The van der Waals surface area contributed by atoms with Gasteiger partial charge in [0.1, 0.15) is 5.76 Å². The van der Waals surface area contributed by atoms with E-state index in [2.05, 4.69) is 0 Å². The lowest BCUT2D eigenvalue weighted by Crippen LogP contribution is -2.31. The maximum absolute atomic E-state index is 12.5. The van der Waals surface area contributed by atoms with E-state index in [1.54, 1.807) is 18.4 Å². The molecule has 1 aromatic carbocycles. The number of carbonyl (C=O) groups excluding carboxylic acids is 2. The Hall–Kier alpha value is -2.36.